The van der Waals surface area contributed by atoms with Crippen molar-refractivity contribution in [3.63, 3.8) is 0 Å². The molecule has 1 aromatic rings. The van der Waals surface area contributed by atoms with E-state index in [1.54, 1.807) is 43.1 Å². The zero-order chi connectivity index (χ0) is 13.6. The molecule has 0 amide bonds. The number of hydrogen-bond acceptors (Lipinski definition) is 4. The van der Waals surface area contributed by atoms with Gasteiger partial charge >= 0.3 is 0 Å². The number of nitrogens with zero attached hydrogens (tertiary/aromatic N) is 1. The van der Waals surface area contributed by atoms with Gasteiger partial charge in [0.25, 0.3) is 0 Å². The van der Waals surface area contributed by atoms with Crippen LogP contribution in [0.5, 0.6) is 0 Å². The van der Waals surface area contributed by atoms with Crippen molar-refractivity contribution in [1.82, 2.24) is 4.31 Å². The van der Waals surface area contributed by atoms with E-state index in [1.807, 2.05) is 6.26 Å². The van der Waals surface area contributed by atoms with Gasteiger partial charge in [0.1, 0.15) is 0 Å². The highest BCUT2D eigenvalue weighted by Gasteiger charge is 2.17. The van der Waals surface area contributed by atoms with Gasteiger partial charge in [0.15, 0.2) is 0 Å². The topological polar surface area (TPSA) is 57.6 Å². The lowest BCUT2D eigenvalue weighted by molar-refractivity contribution is 0.281. The van der Waals surface area contributed by atoms with E-state index >= 15 is 0 Å². The maximum Gasteiger partial charge on any atom is 0.218 e. The van der Waals surface area contributed by atoms with E-state index in [9.17, 15) is 8.42 Å². The summed E-state index contributed by atoms with van der Waals surface area (Å²) in [6.45, 7) is 0.444. The van der Waals surface area contributed by atoms with Crippen molar-refractivity contribution < 1.29 is 13.5 Å². The predicted octanol–water partition coefficient (Wildman–Crippen LogP) is 1.30. The summed E-state index contributed by atoms with van der Waals surface area (Å²) in [5, 5.41) is 9.02. The van der Waals surface area contributed by atoms with Crippen LogP contribution >= 0.6 is 11.8 Å². The average Bonchev–Trinajstić information content (AvgIpc) is 2.35. The molecule has 0 aliphatic heterocycles. The van der Waals surface area contributed by atoms with Gasteiger partial charge in [-0.25, -0.2) is 12.7 Å². The first kappa shape index (κ1) is 15.5. The van der Waals surface area contributed by atoms with Gasteiger partial charge in [-0.15, -0.1) is 0 Å². The van der Waals surface area contributed by atoms with Gasteiger partial charge in [0, 0.05) is 19.3 Å². The van der Waals surface area contributed by atoms with Crippen LogP contribution in [0.1, 0.15) is 11.1 Å². The zero-order valence-electron chi connectivity index (χ0n) is 10.7. The Hall–Kier alpha value is -0.560. The zero-order valence-corrected chi connectivity index (χ0v) is 12.3. The first-order chi connectivity index (χ1) is 8.49. The maximum atomic E-state index is 12.1. The molecule has 0 aromatic heterocycles. The first-order valence-electron chi connectivity index (χ1n) is 5.61. The summed E-state index contributed by atoms with van der Waals surface area (Å²) in [6.07, 6.45) is 1.95. The molecule has 6 heteroatoms. The van der Waals surface area contributed by atoms with Gasteiger partial charge < -0.3 is 5.11 Å². The highest BCUT2D eigenvalue weighted by Crippen LogP contribution is 2.12. The van der Waals surface area contributed by atoms with Gasteiger partial charge in [-0.1, -0.05) is 24.3 Å². The second-order valence-electron chi connectivity index (χ2n) is 4.05. The number of sulfonamides is 1. The molecular weight excluding hydrogens is 270 g/mol. The van der Waals surface area contributed by atoms with E-state index in [4.69, 9.17) is 5.11 Å². The fourth-order valence-corrected chi connectivity index (χ4v) is 3.26. The van der Waals surface area contributed by atoms with Gasteiger partial charge in [0.2, 0.25) is 10.0 Å². The van der Waals surface area contributed by atoms with Crippen LogP contribution in [0.25, 0.3) is 0 Å². The van der Waals surface area contributed by atoms with E-state index in [0.717, 1.165) is 11.3 Å². The molecule has 1 aromatic carbocycles. The molecule has 0 spiro atoms. The molecule has 0 aliphatic rings. The normalized spacial score (nSPS) is 12.0. The molecular formula is C12H19NO3S2. The van der Waals surface area contributed by atoms with Crippen LogP contribution in [0.4, 0.5) is 0 Å². The van der Waals surface area contributed by atoms with Crippen LogP contribution in [0.3, 0.4) is 0 Å². The van der Waals surface area contributed by atoms with E-state index in [-0.39, 0.29) is 12.4 Å². The fraction of sp³-hybridized carbons (Fsp3) is 0.500. The monoisotopic (exact) mass is 289 g/mol. The summed E-state index contributed by atoms with van der Waals surface area (Å²) in [5.74, 6) is 0.762. The molecule has 0 radical (unpaired) electrons. The van der Waals surface area contributed by atoms with Gasteiger partial charge in [0.05, 0.1) is 12.4 Å². The van der Waals surface area contributed by atoms with Crippen LogP contribution in [0, 0.1) is 0 Å². The van der Waals surface area contributed by atoms with Crippen molar-refractivity contribution in [2.75, 3.05) is 25.6 Å². The van der Waals surface area contributed by atoms with Gasteiger partial charge in [-0.2, -0.15) is 11.8 Å². The van der Waals surface area contributed by atoms with Crippen LogP contribution in [0.15, 0.2) is 24.3 Å². The lowest BCUT2D eigenvalue weighted by Crippen LogP contribution is -2.30. The molecule has 1 N–H and O–H groups in total. The molecule has 0 heterocycles. The van der Waals surface area contributed by atoms with Crippen molar-refractivity contribution in [1.29, 1.82) is 0 Å². The number of thioether (sulfide) groups is 1. The summed E-state index contributed by atoms with van der Waals surface area (Å²) in [5.41, 5.74) is 1.44. The average molecular weight is 289 g/mol. The summed E-state index contributed by atoms with van der Waals surface area (Å²) >= 11 is 1.62. The second-order valence-corrected chi connectivity index (χ2v) is 7.11. The minimum absolute atomic E-state index is 0.0221. The number of aliphatic hydroxyl groups is 1. The number of hydrogen-bond donors (Lipinski definition) is 1. The Labute approximate surface area is 113 Å². The van der Waals surface area contributed by atoms with E-state index in [2.05, 4.69) is 0 Å². The molecule has 0 fully saturated rings. The number of rotatable bonds is 7. The molecule has 0 saturated carbocycles. The lowest BCUT2D eigenvalue weighted by atomic mass is 10.1. The molecule has 0 unspecified atom stereocenters. The van der Waals surface area contributed by atoms with Gasteiger partial charge in [-0.3, -0.25) is 0 Å². The van der Waals surface area contributed by atoms with Crippen molar-refractivity contribution in [3.8, 4) is 0 Å². The summed E-state index contributed by atoms with van der Waals surface area (Å²) in [7, 11) is -1.67. The largest absolute Gasteiger partial charge is 0.392 e. The highest BCUT2D eigenvalue weighted by atomic mass is 32.2. The van der Waals surface area contributed by atoms with Crippen molar-refractivity contribution in [2.24, 2.45) is 0 Å². The number of aliphatic hydroxyl groups excluding tert-OH is 1. The van der Waals surface area contributed by atoms with E-state index in [0.29, 0.717) is 12.1 Å². The molecule has 102 valence electrons. The predicted molar refractivity (Wildman–Crippen MR) is 76.0 cm³/mol. The third-order valence-corrected chi connectivity index (χ3v) is 5.03. The number of benzene rings is 1. The SMILES string of the molecule is CSCCN(C)S(=O)(=O)Cc1cccc(CO)c1. The van der Waals surface area contributed by atoms with Crippen molar-refractivity contribution in [2.45, 2.75) is 12.4 Å². The van der Waals surface area contributed by atoms with Crippen LogP contribution < -0.4 is 0 Å². The highest BCUT2D eigenvalue weighted by molar-refractivity contribution is 7.98. The minimum Gasteiger partial charge on any atom is -0.392 e. The Morgan fingerprint density at radius 2 is 2.00 bits per heavy atom. The third kappa shape index (κ3) is 4.61. The van der Waals surface area contributed by atoms with Gasteiger partial charge in [-0.05, 0) is 17.4 Å². The van der Waals surface area contributed by atoms with Crippen molar-refractivity contribution in [3.05, 3.63) is 35.4 Å². The Morgan fingerprint density at radius 3 is 2.61 bits per heavy atom. The summed E-state index contributed by atoms with van der Waals surface area (Å²) < 4.78 is 25.5. The Morgan fingerprint density at radius 1 is 1.33 bits per heavy atom. The molecule has 18 heavy (non-hydrogen) atoms. The standard InChI is InChI=1S/C12H19NO3S2/c1-13(6-7-17-2)18(15,16)10-12-5-3-4-11(8-12)9-14/h3-5,8,14H,6-7,9-10H2,1-2H3. The molecule has 0 aliphatic carbocycles. The Kier molecular flexibility index (Phi) is 6.14. The molecule has 0 atom stereocenters. The quantitative estimate of drug-likeness (QED) is 0.822. The molecule has 0 bridgehead atoms. The molecule has 0 saturated heterocycles. The molecule has 4 nitrogen and oxygen atoms in total. The third-order valence-electron chi connectivity index (χ3n) is 2.61. The smallest absolute Gasteiger partial charge is 0.218 e. The van der Waals surface area contributed by atoms with Crippen LogP contribution in [-0.4, -0.2) is 43.4 Å². The molecule has 1 rings (SSSR count). The minimum atomic E-state index is -3.27. The first-order valence-corrected chi connectivity index (χ1v) is 8.61. The summed E-state index contributed by atoms with van der Waals surface area (Å²) in [6, 6.07) is 7.02. The second kappa shape index (κ2) is 7.13. The maximum absolute atomic E-state index is 12.1. The van der Waals surface area contributed by atoms with Crippen LogP contribution in [-0.2, 0) is 22.4 Å². The van der Waals surface area contributed by atoms with Crippen LogP contribution in [0.2, 0.25) is 0 Å². The Bertz CT molecular complexity index is 474. The fourth-order valence-electron chi connectivity index (χ4n) is 1.50. The lowest BCUT2D eigenvalue weighted by Gasteiger charge is -2.16. The van der Waals surface area contributed by atoms with Crippen molar-refractivity contribution >= 4 is 21.8 Å². The van der Waals surface area contributed by atoms with E-state index < -0.39 is 10.0 Å². The summed E-state index contributed by atoms with van der Waals surface area (Å²) in [4.78, 5) is 0. The van der Waals surface area contributed by atoms with E-state index in [1.165, 1.54) is 4.31 Å². The Balaban J connectivity index is 2.75.